The molecule has 0 radical (unpaired) electrons. The zero-order valence-electron chi connectivity index (χ0n) is 13.3. The van der Waals surface area contributed by atoms with Gasteiger partial charge in [0.25, 0.3) is 5.56 Å². The third-order valence-electron chi connectivity index (χ3n) is 3.73. The van der Waals surface area contributed by atoms with E-state index in [1.165, 1.54) is 11.5 Å². The number of nitrogens with one attached hydrogen (secondary N) is 1. The molecular weight excluding hydrogens is 312 g/mol. The van der Waals surface area contributed by atoms with Crippen LogP contribution in [0.25, 0.3) is 10.9 Å². The van der Waals surface area contributed by atoms with Crippen LogP contribution in [-0.2, 0) is 13.1 Å². The van der Waals surface area contributed by atoms with Crippen LogP contribution >= 0.6 is 11.5 Å². The molecule has 0 aliphatic carbocycles. The van der Waals surface area contributed by atoms with Crippen molar-refractivity contribution in [2.24, 2.45) is 0 Å². The highest BCUT2D eigenvalue weighted by Gasteiger charge is 2.10. The topological polar surface area (TPSA) is 71.1 Å². The lowest BCUT2D eigenvalue weighted by atomic mass is 10.1. The number of fused-ring (bicyclic) bond motifs is 1. The number of rotatable bonds is 5. The van der Waals surface area contributed by atoms with E-state index in [-0.39, 0.29) is 5.56 Å². The highest BCUT2D eigenvalue weighted by Crippen LogP contribution is 2.19. The summed E-state index contributed by atoms with van der Waals surface area (Å²) in [6.45, 7) is 3.22. The molecule has 0 unspecified atom stereocenters. The maximum atomic E-state index is 12.3. The summed E-state index contributed by atoms with van der Waals surface area (Å²) in [7, 11) is 3.61. The molecule has 1 N–H and O–H groups in total. The highest BCUT2D eigenvalue weighted by atomic mass is 32.1. The molecular formula is C16H18N4O2S. The average Bonchev–Trinajstić information content (AvgIpc) is 2.92. The van der Waals surface area contributed by atoms with Crippen LogP contribution in [0.4, 0.5) is 0 Å². The molecule has 0 spiro atoms. The monoisotopic (exact) mass is 330 g/mol. The second-order valence-corrected chi connectivity index (χ2v) is 6.37. The molecule has 120 valence electrons. The quantitative estimate of drug-likeness (QED) is 0.777. The molecule has 2 aromatic heterocycles. The normalized spacial score (nSPS) is 11.3. The number of nitrogens with zero attached hydrogens (tertiary/aromatic N) is 3. The largest absolute Gasteiger partial charge is 0.497 e. The molecule has 3 rings (SSSR count). The van der Waals surface area contributed by atoms with E-state index in [1.807, 2.05) is 38.2 Å². The summed E-state index contributed by atoms with van der Waals surface area (Å²) in [5.74, 6) is 0.773. The predicted octanol–water partition coefficient (Wildman–Crippen LogP) is 2.33. The van der Waals surface area contributed by atoms with Gasteiger partial charge in [0.2, 0.25) is 0 Å². The predicted molar refractivity (Wildman–Crippen MR) is 90.9 cm³/mol. The number of aromatic nitrogens is 3. The van der Waals surface area contributed by atoms with E-state index in [9.17, 15) is 4.79 Å². The number of ether oxygens (including phenoxy) is 1. The molecule has 6 nitrogen and oxygen atoms in total. The van der Waals surface area contributed by atoms with Crippen molar-refractivity contribution >= 4 is 22.4 Å². The number of H-pyrrole nitrogens is 1. The first-order valence-corrected chi connectivity index (χ1v) is 8.00. The number of pyridine rings is 1. The number of aryl methyl sites for hydroxylation is 1. The fraction of sp³-hybridized carbons (Fsp3) is 0.312. The lowest BCUT2D eigenvalue weighted by Crippen LogP contribution is -2.23. The van der Waals surface area contributed by atoms with E-state index in [0.717, 1.165) is 39.3 Å². The standard InChI is InChI=1S/C16H18N4O2S/c1-10-15(23-19-18-10)9-20(2)8-12-6-11-7-13(22-3)4-5-14(11)17-16(12)21/h4-7H,8-9H2,1-3H3,(H,17,21). The first kappa shape index (κ1) is 15.6. The molecule has 23 heavy (non-hydrogen) atoms. The highest BCUT2D eigenvalue weighted by molar-refractivity contribution is 7.05. The zero-order valence-corrected chi connectivity index (χ0v) is 14.1. The van der Waals surface area contributed by atoms with Gasteiger partial charge in [0, 0.05) is 29.6 Å². The molecule has 1 aromatic carbocycles. The van der Waals surface area contributed by atoms with Crippen molar-refractivity contribution < 1.29 is 4.74 Å². The summed E-state index contributed by atoms with van der Waals surface area (Å²) in [5, 5.41) is 4.98. The third kappa shape index (κ3) is 3.40. The molecule has 3 aromatic rings. The maximum Gasteiger partial charge on any atom is 0.252 e. The molecule has 0 aliphatic rings. The lowest BCUT2D eigenvalue weighted by molar-refractivity contribution is 0.320. The van der Waals surface area contributed by atoms with Gasteiger partial charge in [-0.05, 0) is 49.8 Å². The summed E-state index contributed by atoms with van der Waals surface area (Å²) in [6, 6.07) is 7.54. The van der Waals surface area contributed by atoms with Crippen LogP contribution in [0.5, 0.6) is 5.75 Å². The summed E-state index contributed by atoms with van der Waals surface area (Å²) < 4.78 is 9.18. The Balaban J connectivity index is 1.85. The molecule has 0 aliphatic heterocycles. The van der Waals surface area contributed by atoms with Crippen LogP contribution in [0.15, 0.2) is 29.1 Å². The van der Waals surface area contributed by atoms with Crippen molar-refractivity contribution in [2.45, 2.75) is 20.0 Å². The van der Waals surface area contributed by atoms with E-state index < -0.39 is 0 Å². The Kier molecular flexibility index (Phi) is 4.40. The SMILES string of the molecule is COc1ccc2[nH]c(=O)c(CN(C)Cc3snnc3C)cc2c1. The second-order valence-electron chi connectivity index (χ2n) is 5.53. The van der Waals surface area contributed by atoms with Gasteiger partial charge in [0.05, 0.1) is 17.7 Å². The lowest BCUT2D eigenvalue weighted by Gasteiger charge is -2.15. The summed E-state index contributed by atoms with van der Waals surface area (Å²) >= 11 is 1.39. The molecule has 0 bridgehead atoms. The third-order valence-corrected chi connectivity index (χ3v) is 4.54. The first-order valence-electron chi connectivity index (χ1n) is 7.23. The van der Waals surface area contributed by atoms with Crippen molar-refractivity contribution in [3.8, 4) is 5.75 Å². The van der Waals surface area contributed by atoms with E-state index in [4.69, 9.17) is 4.74 Å². The van der Waals surface area contributed by atoms with Gasteiger partial charge in [-0.25, -0.2) is 0 Å². The number of methoxy groups -OCH3 is 1. The summed E-state index contributed by atoms with van der Waals surface area (Å²) in [4.78, 5) is 18.4. The van der Waals surface area contributed by atoms with Crippen LogP contribution in [0.1, 0.15) is 16.1 Å². The van der Waals surface area contributed by atoms with Gasteiger partial charge >= 0.3 is 0 Å². The van der Waals surface area contributed by atoms with Crippen LogP contribution in [0, 0.1) is 6.92 Å². The van der Waals surface area contributed by atoms with Crippen LogP contribution in [0.3, 0.4) is 0 Å². The van der Waals surface area contributed by atoms with Gasteiger partial charge in [0.1, 0.15) is 5.75 Å². The van der Waals surface area contributed by atoms with Gasteiger partial charge in [-0.1, -0.05) is 4.49 Å². The Morgan fingerprint density at radius 1 is 1.30 bits per heavy atom. The fourth-order valence-corrected chi connectivity index (χ4v) is 3.18. The first-order chi connectivity index (χ1) is 11.1. The van der Waals surface area contributed by atoms with Gasteiger partial charge < -0.3 is 9.72 Å². The molecule has 7 heteroatoms. The fourth-order valence-electron chi connectivity index (χ4n) is 2.46. The molecule has 0 saturated heterocycles. The Morgan fingerprint density at radius 2 is 2.13 bits per heavy atom. The minimum Gasteiger partial charge on any atom is -0.497 e. The van der Waals surface area contributed by atoms with Crippen molar-refractivity contribution in [3.05, 3.63) is 50.8 Å². The van der Waals surface area contributed by atoms with Crippen LogP contribution in [-0.4, -0.2) is 33.6 Å². The van der Waals surface area contributed by atoms with Crippen molar-refractivity contribution in [1.82, 2.24) is 19.5 Å². The van der Waals surface area contributed by atoms with E-state index >= 15 is 0 Å². The smallest absolute Gasteiger partial charge is 0.252 e. The van der Waals surface area contributed by atoms with Crippen molar-refractivity contribution in [1.29, 1.82) is 0 Å². The Hall–Kier alpha value is -2.25. The van der Waals surface area contributed by atoms with E-state index in [2.05, 4.69) is 19.5 Å². The number of benzene rings is 1. The zero-order chi connectivity index (χ0) is 16.4. The molecule has 2 heterocycles. The van der Waals surface area contributed by atoms with E-state index in [0.29, 0.717) is 6.54 Å². The van der Waals surface area contributed by atoms with Crippen LogP contribution in [0.2, 0.25) is 0 Å². The number of aromatic amines is 1. The van der Waals surface area contributed by atoms with Gasteiger partial charge in [-0.2, -0.15) is 0 Å². The number of hydrogen-bond donors (Lipinski definition) is 1. The summed E-state index contributed by atoms with van der Waals surface area (Å²) in [5.41, 5.74) is 2.42. The van der Waals surface area contributed by atoms with Crippen molar-refractivity contribution in [2.75, 3.05) is 14.2 Å². The Morgan fingerprint density at radius 3 is 2.83 bits per heavy atom. The molecule has 0 atom stereocenters. The Labute approximate surface area is 137 Å². The minimum absolute atomic E-state index is 0.0614. The molecule has 0 amide bonds. The molecule has 0 fully saturated rings. The number of hydrogen-bond acceptors (Lipinski definition) is 6. The van der Waals surface area contributed by atoms with Gasteiger partial charge in [0.15, 0.2) is 0 Å². The average molecular weight is 330 g/mol. The van der Waals surface area contributed by atoms with E-state index in [1.54, 1.807) is 7.11 Å². The van der Waals surface area contributed by atoms with Gasteiger partial charge in [-0.3, -0.25) is 9.69 Å². The van der Waals surface area contributed by atoms with Gasteiger partial charge in [-0.15, -0.1) is 5.10 Å². The Bertz CT molecular complexity index is 887. The summed E-state index contributed by atoms with van der Waals surface area (Å²) in [6.07, 6.45) is 0. The second kappa shape index (κ2) is 6.47. The molecule has 0 saturated carbocycles. The maximum absolute atomic E-state index is 12.3. The van der Waals surface area contributed by atoms with Crippen molar-refractivity contribution in [3.63, 3.8) is 0 Å². The minimum atomic E-state index is -0.0614. The van der Waals surface area contributed by atoms with Crippen LogP contribution < -0.4 is 10.3 Å².